The first-order valence-electron chi connectivity index (χ1n) is 9.32. The number of pyridine rings is 1. The summed E-state index contributed by atoms with van der Waals surface area (Å²) in [6, 6.07) is 10.3. The molecule has 150 valence electrons. The molecule has 0 radical (unpaired) electrons. The monoisotopic (exact) mass is 403 g/mol. The summed E-state index contributed by atoms with van der Waals surface area (Å²) < 4.78 is 5.24. The van der Waals surface area contributed by atoms with Crippen molar-refractivity contribution in [3.05, 3.63) is 88.2 Å². The zero-order valence-corrected chi connectivity index (χ0v) is 15.8. The van der Waals surface area contributed by atoms with Crippen molar-refractivity contribution in [2.45, 2.75) is 12.8 Å². The Morgan fingerprint density at radius 1 is 0.900 bits per heavy atom. The molecular formula is C23H17NO6. The molecular weight excluding hydrogens is 386 g/mol. The Morgan fingerprint density at radius 2 is 1.63 bits per heavy atom. The van der Waals surface area contributed by atoms with Crippen molar-refractivity contribution in [2.75, 3.05) is 6.61 Å². The zero-order valence-electron chi connectivity index (χ0n) is 15.8. The van der Waals surface area contributed by atoms with Crippen molar-refractivity contribution >= 4 is 17.5 Å². The van der Waals surface area contributed by atoms with Crippen molar-refractivity contribution in [3.63, 3.8) is 0 Å². The lowest BCUT2D eigenvalue weighted by atomic mass is 9.82. The Labute approximate surface area is 171 Å². The van der Waals surface area contributed by atoms with Crippen LogP contribution in [0.3, 0.4) is 0 Å². The summed E-state index contributed by atoms with van der Waals surface area (Å²) in [6.07, 6.45) is 4.68. The van der Waals surface area contributed by atoms with Gasteiger partial charge >= 0.3 is 5.97 Å². The number of nitrogens with zero attached hydrogens (tertiary/aromatic N) is 1. The van der Waals surface area contributed by atoms with E-state index in [0.29, 0.717) is 12.8 Å². The van der Waals surface area contributed by atoms with E-state index in [-0.39, 0.29) is 40.2 Å². The number of hydrogen-bond donors (Lipinski definition) is 2. The summed E-state index contributed by atoms with van der Waals surface area (Å²) in [5.41, 5.74) is 0.579. The minimum Gasteiger partial charge on any atom is -0.507 e. The number of hydrogen-bond acceptors (Lipinski definition) is 7. The summed E-state index contributed by atoms with van der Waals surface area (Å²) in [5, 5.41) is 20.3. The molecule has 7 nitrogen and oxygen atoms in total. The zero-order chi connectivity index (χ0) is 21.3. The van der Waals surface area contributed by atoms with Gasteiger partial charge in [-0.3, -0.25) is 14.6 Å². The maximum atomic E-state index is 12.8. The van der Waals surface area contributed by atoms with Gasteiger partial charge < -0.3 is 14.9 Å². The number of phenols is 2. The fourth-order valence-electron chi connectivity index (χ4n) is 3.47. The molecule has 0 amide bonds. The highest BCUT2D eigenvalue weighted by molar-refractivity contribution is 6.30. The van der Waals surface area contributed by atoms with Crippen molar-refractivity contribution in [1.29, 1.82) is 0 Å². The third-order valence-corrected chi connectivity index (χ3v) is 4.93. The van der Waals surface area contributed by atoms with Gasteiger partial charge in [0.1, 0.15) is 11.5 Å². The fourth-order valence-corrected chi connectivity index (χ4v) is 3.47. The molecule has 1 aliphatic rings. The standard InChI is InChI=1S/C23H17NO6/c25-17-5-1-4-15-19(17)22(28)20-16(21(15)27)11-14(12-18(20)26)23(29)30-10-2-3-13-6-8-24-9-7-13/h1,4-9,11-12,25-26H,2-3,10H2. The van der Waals surface area contributed by atoms with E-state index in [1.807, 2.05) is 12.1 Å². The molecule has 0 aliphatic heterocycles. The smallest absolute Gasteiger partial charge is 0.338 e. The van der Waals surface area contributed by atoms with Gasteiger partial charge in [-0.25, -0.2) is 4.79 Å². The average Bonchev–Trinajstić information content (AvgIpc) is 2.75. The second kappa shape index (κ2) is 7.79. The number of rotatable bonds is 5. The van der Waals surface area contributed by atoms with Gasteiger partial charge in [-0.15, -0.1) is 0 Å². The Bertz CT molecular complexity index is 1170. The molecule has 3 aromatic rings. The number of fused-ring (bicyclic) bond motifs is 2. The Kier molecular flexibility index (Phi) is 5.02. The minimum absolute atomic E-state index is 0.0229. The molecule has 1 aliphatic carbocycles. The highest BCUT2D eigenvalue weighted by Gasteiger charge is 2.35. The van der Waals surface area contributed by atoms with Gasteiger partial charge in [0.2, 0.25) is 5.78 Å². The van der Waals surface area contributed by atoms with Crippen LogP contribution >= 0.6 is 0 Å². The van der Waals surface area contributed by atoms with Crippen LogP contribution in [0.5, 0.6) is 11.5 Å². The summed E-state index contributed by atoms with van der Waals surface area (Å²) in [7, 11) is 0. The Morgan fingerprint density at radius 3 is 2.40 bits per heavy atom. The van der Waals surface area contributed by atoms with Gasteiger partial charge in [-0.1, -0.05) is 12.1 Å². The summed E-state index contributed by atoms with van der Waals surface area (Å²) in [6.45, 7) is 0.155. The number of ketones is 2. The van der Waals surface area contributed by atoms with Crippen molar-refractivity contribution < 1.29 is 29.3 Å². The number of aryl methyl sites for hydroxylation is 1. The topological polar surface area (TPSA) is 114 Å². The predicted octanol–water partition coefficient (Wildman–Crippen LogP) is 3.06. The lowest BCUT2D eigenvalue weighted by Gasteiger charge is -2.19. The molecule has 0 saturated carbocycles. The Hall–Kier alpha value is -4.00. The molecule has 0 bridgehead atoms. The molecule has 30 heavy (non-hydrogen) atoms. The first kappa shape index (κ1) is 19.3. The lowest BCUT2D eigenvalue weighted by Crippen LogP contribution is -2.22. The van der Waals surface area contributed by atoms with Gasteiger partial charge in [-0.2, -0.15) is 0 Å². The fraction of sp³-hybridized carbons (Fsp3) is 0.130. The van der Waals surface area contributed by atoms with Crippen molar-refractivity contribution in [1.82, 2.24) is 4.98 Å². The summed E-state index contributed by atoms with van der Waals surface area (Å²) >= 11 is 0. The second-order valence-corrected chi connectivity index (χ2v) is 6.87. The van der Waals surface area contributed by atoms with Crippen molar-refractivity contribution in [2.24, 2.45) is 0 Å². The first-order chi connectivity index (χ1) is 14.5. The predicted molar refractivity (Wildman–Crippen MR) is 106 cm³/mol. The number of carbonyl (C=O) groups excluding carboxylic acids is 3. The third-order valence-electron chi connectivity index (χ3n) is 4.93. The van der Waals surface area contributed by atoms with Crippen LogP contribution in [0.15, 0.2) is 54.9 Å². The number of benzene rings is 2. The number of esters is 1. The van der Waals surface area contributed by atoms with Crippen LogP contribution in [-0.2, 0) is 11.2 Å². The number of carbonyl (C=O) groups is 3. The highest BCUT2D eigenvalue weighted by atomic mass is 16.5. The second-order valence-electron chi connectivity index (χ2n) is 6.87. The summed E-state index contributed by atoms with van der Waals surface area (Å²) in [4.78, 5) is 41.9. The van der Waals surface area contributed by atoms with E-state index in [0.717, 1.165) is 11.6 Å². The van der Waals surface area contributed by atoms with E-state index >= 15 is 0 Å². The van der Waals surface area contributed by atoms with Gasteiger partial charge in [0.05, 0.1) is 23.3 Å². The SMILES string of the molecule is O=C(OCCCc1ccncc1)c1cc(O)c2c(c1)C(=O)c1cccc(O)c1C2=O. The van der Waals surface area contributed by atoms with Crippen LogP contribution in [0.25, 0.3) is 0 Å². The highest BCUT2D eigenvalue weighted by Crippen LogP contribution is 2.37. The number of ether oxygens (including phenoxy) is 1. The van der Waals surface area contributed by atoms with Crippen LogP contribution in [0, 0.1) is 0 Å². The van der Waals surface area contributed by atoms with E-state index in [4.69, 9.17) is 4.74 Å². The third kappa shape index (κ3) is 3.41. The molecule has 4 rings (SSSR count). The maximum Gasteiger partial charge on any atom is 0.338 e. The van der Waals surface area contributed by atoms with Crippen LogP contribution in [-0.4, -0.2) is 39.3 Å². The van der Waals surface area contributed by atoms with Gasteiger partial charge in [0, 0.05) is 23.5 Å². The minimum atomic E-state index is -0.704. The molecule has 2 N–H and O–H groups in total. The molecule has 0 atom stereocenters. The first-order valence-corrected chi connectivity index (χ1v) is 9.32. The number of aromatic hydroxyl groups is 2. The van der Waals surface area contributed by atoms with Gasteiger partial charge in [0.15, 0.2) is 5.78 Å². The quantitative estimate of drug-likeness (QED) is 0.389. The van der Waals surface area contributed by atoms with Crippen LogP contribution in [0.2, 0.25) is 0 Å². The van der Waals surface area contributed by atoms with Crippen molar-refractivity contribution in [3.8, 4) is 11.5 Å². The normalized spacial score (nSPS) is 12.3. The van der Waals surface area contributed by atoms with E-state index in [1.54, 1.807) is 12.4 Å². The summed E-state index contributed by atoms with van der Waals surface area (Å²) in [5.74, 6) is -2.78. The van der Waals surface area contributed by atoms with E-state index < -0.39 is 23.3 Å². The van der Waals surface area contributed by atoms with Crippen LogP contribution in [0.4, 0.5) is 0 Å². The molecule has 1 heterocycles. The average molecular weight is 403 g/mol. The molecule has 2 aromatic carbocycles. The molecule has 0 unspecified atom stereocenters. The maximum absolute atomic E-state index is 12.8. The number of aromatic nitrogens is 1. The molecule has 0 fully saturated rings. The van der Waals surface area contributed by atoms with Gasteiger partial charge in [-0.05, 0) is 48.7 Å². The Balaban J connectivity index is 1.53. The number of phenolic OH excluding ortho intramolecular Hbond substituents is 2. The lowest BCUT2D eigenvalue weighted by molar-refractivity contribution is 0.0499. The van der Waals surface area contributed by atoms with Crippen LogP contribution < -0.4 is 0 Å². The molecule has 7 heteroatoms. The van der Waals surface area contributed by atoms with E-state index in [1.165, 1.54) is 24.3 Å². The molecule has 0 spiro atoms. The van der Waals surface area contributed by atoms with Crippen LogP contribution in [0.1, 0.15) is 54.2 Å². The van der Waals surface area contributed by atoms with E-state index in [2.05, 4.69) is 4.98 Å². The molecule has 1 aromatic heterocycles. The van der Waals surface area contributed by atoms with E-state index in [9.17, 15) is 24.6 Å². The molecule has 0 saturated heterocycles. The largest absolute Gasteiger partial charge is 0.507 e. The van der Waals surface area contributed by atoms with Gasteiger partial charge in [0.25, 0.3) is 0 Å².